The number of carbonyl (C=O) groups excluding carboxylic acids is 1. The topological polar surface area (TPSA) is 62.1 Å². The third-order valence-electron chi connectivity index (χ3n) is 4.48. The van der Waals surface area contributed by atoms with E-state index in [1.54, 1.807) is 0 Å². The van der Waals surface area contributed by atoms with Crippen molar-refractivity contribution in [3.05, 3.63) is 35.3 Å². The molecule has 21 heavy (non-hydrogen) atoms. The molecule has 2 aromatic rings. The van der Waals surface area contributed by atoms with Crippen LogP contribution in [-0.2, 0) is 0 Å². The molecule has 1 fully saturated rings. The number of rotatable bonds is 2. The summed E-state index contributed by atoms with van der Waals surface area (Å²) in [7, 11) is 0. The number of hydrogen-bond acceptors (Lipinski definition) is 2. The molecule has 3 N–H and O–H groups in total. The zero-order chi connectivity index (χ0) is 15.2. The number of hydrogen-bond donors (Lipinski definition) is 2. The number of nitrogens with two attached hydrogens (primary N) is 1. The van der Waals surface area contributed by atoms with Gasteiger partial charge in [-0.15, -0.1) is 0 Å². The molecular weight excluding hydrogens is 269 g/mol. The SMILES string of the molecule is Cc1cc(F)cc2[nH]c(C(=O)N3CCC(C)(CN)C3)cc12. The molecule has 4 nitrogen and oxygen atoms in total. The fraction of sp³-hybridized carbons (Fsp3) is 0.438. The summed E-state index contributed by atoms with van der Waals surface area (Å²) in [4.78, 5) is 17.4. The average molecular weight is 289 g/mol. The Kier molecular flexibility index (Phi) is 3.24. The van der Waals surface area contributed by atoms with Crippen molar-refractivity contribution in [2.24, 2.45) is 11.1 Å². The van der Waals surface area contributed by atoms with Crippen LogP contribution in [0.15, 0.2) is 18.2 Å². The summed E-state index contributed by atoms with van der Waals surface area (Å²) in [5.41, 5.74) is 7.79. The van der Waals surface area contributed by atoms with Crippen molar-refractivity contribution in [1.82, 2.24) is 9.88 Å². The Morgan fingerprint density at radius 1 is 1.48 bits per heavy atom. The van der Waals surface area contributed by atoms with Gasteiger partial charge in [-0.3, -0.25) is 4.79 Å². The first-order valence-electron chi connectivity index (χ1n) is 7.20. The van der Waals surface area contributed by atoms with Gasteiger partial charge in [-0.1, -0.05) is 6.92 Å². The molecule has 3 rings (SSSR count). The Balaban J connectivity index is 1.91. The molecule has 1 unspecified atom stereocenters. The summed E-state index contributed by atoms with van der Waals surface area (Å²) in [6.45, 7) is 5.91. The number of aromatic amines is 1. The van der Waals surface area contributed by atoms with E-state index < -0.39 is 0 Å². The van der Waals surface area contributed by atoms with Gasteiger partial charge in [-0.05, 0) is 49.1 Å². The number of nitrogens with zero attached hydrogens (tertiary/aromatic N) is 1. The Bertz CT molecular complexity index is 709. The maximum absolute atomic E-state index is 13.4. The summed E-state index contributed by atoms with van der Waals surface area (Å²) >= 11 is 0. The Morgan fingerprint density at radius 2 is 2.24 bits per heavy atom. The van der Waals surface area contributed by atoms with Crippen molar-refractivity contribution >= 4 is 16.8 Å². The number of carbonyl (C=O) groups is 1. The lowest BCUT2D eigenvalue weighted by Gasteiger charge is -2.22. The number of likely N-dealkylation sites (tertiary alicyclic amines) is 1. The highest BCUT2D eigenvalue weighted by atomic mass is 19.1. The van der Waals surface area contributed by atoms with E-state index >= 15 is 0 Å². The Morgan fingerprint density at radius 3 is 2.90 bits per heavy atom. The zero-order valence-corrected chi connectivity index (χ0v) is 12.4. The molecule has 1 aliphatic rings. The van der Waals surface area contributed by atoms with E-state index in [4.69, 9.17) is 5.73 Å². The van der Waals surface area contributed by atoms with Crippen LogP contribution in [0, 0.1) is 18.2 Å². The van der Waals surface area contributed by atoms with Crippen molar-refractivity contribution in [2.45, 2.75) is 20.3 Å². The molecule has 0 spiro atoms. The Labute approximate surface area is 123 Å². The molecule has 112 valence electrons. The predicted octanol–water partition coefficient (Wildman–Crippen LogP) is 2.43. The van der Waals surface area contributed by atoms with Gasteiger partial charge in [0.2, 0.25) is 0 Å². The van der Waals surface area contributed by atoms with E-state index in [1.807, 2.05) is 17.9 Å². The number of aryl methyl sites for hydroxylation is 1. The van der Waals surface area contributed by atoms with E-state index in [-0.39, 0.29) is 17.1 Å². The quantitative estimate of drug-likeness (QED) is 0.892. The van der Waals surface area contributed by atoms with Gasteiger partial charge in [0.25, 0.3) is 5.91 Å². The average Bonchev–Trinajstić information content (AvgIpc) is 3.03. The second kappa shape index (κ2) is 4.84. The van der Waals surface area contributed by atoms with Gasteiger partial charge in [0.1, 0.15) is 11.5 Å². The van der Waals surface area contributed by atoms with Crippen molar-refractivity contribution < 1.29 is 9.18 Å². The maximum atomic E-state index is 13.4. The molecule has 0 aliphatic carbocycles. The minimum Gasteiger partial charge on any atom is -0.350 e. The monoisotopic (exact) mass is 289 g/mol. The zero-order valence-electron chi connectivity index (χ0n) is 12.4. The van der Waals surface area contributed by atoms with Crippen molar-refractivity contribution in [1.29, 1.82) is 0 Å². The summed E-state index contributed by atoms with van der Waals surface area (Å²) < 4.78 is 13.4. The standard InChI is InChI=1S/C16H20FN3O/c1-10-5-11(17)6-13-12(10)7-14(19-13)15(21)20-4-3-16(2,8-18)9-20/h5-7,19H,3-4,8-9,18H2,1-2H3. The van der Waals surface area contributed by atoms with Crippen LogP contribution in [0.25, 0.3) is 10.9 Å². The van der Waals surface area contributed by atoms with Gasteiger partial charge >= 0.3 is 0 Å². The molecule has 1 saturated heterocycles. The van der Waals surface area contributed by atoms with E-state index in [1.165, 1.54) is 12.1 Å². The van der Waals surface area contributed by atoms with Gasteiger partial charge in [0.05, 0.1) is 0 Å². The van der Waals surface area contributed by atoms with Crippen LogP contribution in [0.2, 0.25) is 0 Å². The van der Waals surface area contributed by atoms with Crippen LogP contribution in [0.3, 0.4) is 0 Å². The normalized spacial score (nSPS) is 22.2. The summed E-state index contributed by atoms with van der Waals surface area (Å²) in [5, 5.41) is 0.889. The highest BCUT2D eigenvalue weighted by Gasteiger charge is 2.35. The predicted molar refractivity (Wildman–Crippen MR) is 80.7 cm³/mol. The lowest BCUT2D eigenvalue weighted by molar-refractivity contribution is 0.0772. The molecule has 0 bridgehead atoms. The van der Waals surface area contributed by atoms with Crippen molar-refractivity contribution in [2.75, 3.05) is 19.6 Å². The van der Waals surface area contributed by atoms with Crippen LogP contribution in [0.4, 0.5) is 4.39 Å². The van der Waals surface area contributed by atoms with Gasteiger partial charge in [-0.2, -0.15) is 0 Å². The van der Waals surface area contributed by atoms with Crippen LogP contribution >= 0.6 is 0 Å². The molecule has 2 heterocycles. The lowest BCUT2D eigenvalue weighted by Crippen LogP contribution is -2.34. The van der Waals surface area contributed by atoms with E-state index in [2.05, 4.69) is 11.9 Å². The molecular formula is C16H20FN3O. The minimum atomic E-state index is -0.294. The van der Waals surface area contributed by atoms with Crippen molar-refractivity contribution in [3.8, 4) is 0 Å². The van der Waals surface area contributed by atoms with E-state index in [0.717, 1.165) is 23.9 Å². The fourth-order valence-electron chi connectivity index (χ4n) is 3.02. The first-order chi connectivity index (χ1) is 9.92. The molecule has 5 heteroatoms. The Hall–Kier alpha value is -1.88. The number of halogens is 1. The van der Waals surface area contributed by atoms with Crippen LogP contribution < -0.4 is 5.73 Å². The van der Waals surface area contributed by atoms with E-state index in [0.29, 0.717) is 24.3 Å². The number of fused-ring (bicyclic) bond motifs is 1. The summed E-state index contributed by atoms with van der Waals surface area (Å²) in [6, 6.07) is 4.71. The van der Waals surface area contributed by atoms with Crippen LogP contribution in [-0.4, -0.2) is 35.4 Å². The number of benzene rings is 1. The summed E-state index contributed by atoms with van der Waals surface area (Å²) in [6.07, 6.45) is 0.920. The molecule has 1 atom stereocenters. The highest BCUT2D eigenvalue weighted by Crippen LogP contribution is 2.30. The smallest absolute Gasteiger partial charge is 0.270 e. The molecule has 1 amide bonds. The van der Waals surface area contributed by atoms with Gasteiger partial charge in [0.15, 0.2) is 0 Å². The molecule has 0 saturated carbocycles. The molecule has 1 aromatic carbocycles. The molecule has 1 aliphatic heterocycles. The molecule has 1 aromatic heterocycles. The third kappa shape index (κ3) is 2.42. The highest BCUT2D eigenvalue weighted by molar-refractivity contribution is 5.99. The summed E-state index contributed by atoms with van der Waals surface area (Å²) in [5.74, 6) is -0.332. The number of H-pyrrole nitrogens is 1. The largest absolute Gasteiger partial charge is 0.350 e. The van der Waals surface area contributed by atoms with Gasteiger partial charge < -0.3 is 15.6 Å². The second-order valence-corrected chi connectivity index (χ2v) is 6.36. The first kappa shape index (κ1) is 14.1. The maximum Gasteiger partial charge on any atom is 0.270 e. The van der Waals surface area contributed by atoms with Crippen LogP contribution in [0.1, 0.15) is 29.4 Å². The van der Waals surface area contributed by atoms with Crippen LogP contribution in [0.5, 0.6) is 0 Å². The lowest BCUT2D eigenvalue weighted by atomic mass is 9.90. The second-order valence-electron chi connectivity index (χ2n) is 6.36. The van der Waals surface area contributed by atoms with Gasteiger partial charge in [0, 0.05) is 24.0 Å². The number of nitrogens with one attached hydrogen (secondary N) is 1. The number of aromatic nitrogens is 1. The first-order valence-corrected chi connectivity index (χ1v) is 7.20. The fourth-order valence-corrected chi connectivity index (χ4v) is 3.02. The minimum absolute atomic E-state index is 0.00367. The number of amides is 1. The third-order valence-corrected chi connectivity index (χ3v) is 4.48. The van der Waals surface area contributed by atoms with Crippen molar-refractivity contribution in [3.63, 3.8) is 0 Å². The van der Waals surface area contributed by atoms with Gasteiger partial charge in [-0.25, -0.2) is 4.39 Å². The van der Waals surface area contributed by atoms with E-state index in [9.17, 15) is 9.18 Å². The molecule has 0 radical (unpaired) electrons.